The zero-order valence-corrected chi connectivity index (χ0v) is 26.2. The van der Waals surface area contributed by atoms with Crippen molar-refractivity contribution in [3.05, 3.63) is 65.2 Å². The van der Waals surface area contributed by atoms with Gasteiger partial charge in [-0.3, -0.25) is 4.79 Å². The highest BCUT2D eigenvalue weighted by Crippen LogP contribution is 2.26. The number of amides is 1. The molecule has 0 N–H and O–H groups in total. The van der Waals surface area contributed by atoms with Crippen molar-refractivity contribution >= 4 is 26.0 Å². The van der Waals surface area contributed by atoms with Gasteiger partial charge in [-0.25, -0.2) is 16.8 Å². The molecular weight excluding hydrogens is 546 g/mol. The van der Waals surface area contributed by atoms with Gasteiger partial charge in [0.15, 0.2) is 0 Å². The lowest BCUT2D eigenvalue weighted by atomic mass is 10.0. The van der Waals surface area contributed by atoms with Gasteiger partial charge in [-0.1, -0.05) is 62.7 Å². The van der Waals surface area contributed by atoms with E-state index in [0.29, 0.717) is 57.8 Å². The second kappa shape index (κ2) is 14.1. The predicted molar refractivity (Wildman–Crippen MR) is 160 cm³/mol. The van der Waals surface area contributed by atoms with Crippen molar-refractivity contribution in [1.82, 2.24) is 13.5 Å². The molecule has 8 nitrogen and oxygen atoms in total. The first-order chi connectivity index (χ1) is 18.8. The molecule has 222 valence electrons. The summed E-state index contributed by atoms with van der Waals surface area (Å²) in [4.78, 5) is 15.9. The van der Waals surface area contributed by atoms with Gasteiger partial charge in [0.2, 0.25) is 26.0 Å². The summed E-state index contributed by atoms with van der Waals surface area (Å²) in [7, 11) is -7.20. The summed E-state index contributed by atoms with van der Waals surface area (Å²) in [6.07, 6.45) is 2.12. The smallest absolute Gasteiger partial charge is 0.243 e. The van der Waals surface area contributed by atoms with Crippen LogP contribution in [0.1, 0.15) is 63.1 Å². The lowest BCUT2D eigenvalue weighted by Crippen LogP contribution is -2.51. The number of aryl methyl sites for hydroxylation is 2. The average Bonchev–Trinajstić information content (AvgIpc) is 2.90. The second-order valence-corrected chi connectivity index (χ2v) is 15.3. The number of hydrogen-bond donors (Lipinski definition) is 0. The third-order valence-electron chi connectivity index (χ3n) is 7.57. The monoisotopic (exact) mass is 591 g/mol. The lowest BCUT2D eigenvalue weighted by Gasteiger charge is -2.39. The fourth-order valence-electron chi connectivity index (χ4n) is 4.99. The zero-order valence-electron chi connectivity index (χ0n) is 24.5. The molecular formula is C30H45N3O5S2. The van der Waals surface area contributed by atoms with E-state index in [-0.39, 0.29) is 29.1 Å². The minimum Gasteiger partial charge on any atom is -0.334 e. The van der Waals surface area contributed by atoms with Crippen LogP contribution in [0, 0.1) is 19.8 Å². The van der Waals surface area contributed by atoms with Gasteiger partial charge in [0.05, 0.1) is 17.2 Å². The number of hydrogen-bond acceptors (Lipinski definition) is 5. The van der Waals surface area contributed by atoms with Gasteiger partial charge < -0.3 is 4.90 Å². The molecule has 1 amide bonds. The molecule has 1 aliphatic rings. The molecule has 1 saturated heterocycles. The van der Waals surface area contributed by atoms with E-state index in [2.05, 4.69) is 0 Å². The summed E-state index contributed by atoms with van der Waals surface area (Å²) in [5.41, 5.74) is 3.04. The van der Waals surface area contributed by atoms with Crippen LogP contribution in [0.3, 0.4) is 0 Å². The summed E-state index contributed by atoms with van der Waals surface area (Å²) in [5.74, 6) is 0.0645. The highest BCUT2D eigenvalue weighted by Gasteiger charge is 2.35. The summed E-state index contributed by atoms with van der Waals surface area (Å²) < 4.78 is 55.5. The molecule has 0 atom stereocenters. The molecule has 0 aromatic heterocycles. The van der Waals surface area contributed by atoms with Crippen LogP contribution in [0.2, 0.25) is 0 Å². The van der Waals surface area contributed by atoms with Gasteiger partial charge in [0.25, 0.3) is 0 Å². The van der Waals surface area contributed by atoms with Crippen molar-refractivity contribution in [2.45, 2.75) is 77.8 Å². The largest absolute Gasteiger partial charge is 0.334 e. The topological polar surface area (TPSA) is 95.1 Å². The maximum Gasteiger partial charge on any atom is 0.243 e. The fraction of sp³-hybridized carbons (Fsp3) is 0.567. The Morgan fingerprint density at radius 2 is 1.60 bits per heavy atom. The SMILES string of the molecule is CCCS(=O)(=O)N(CCC(C)C)CC(=O)N(Cc1ccccc1C)C1CCN(S(=O)(=O)c2ccc(C)cc2)CC1. The normalized spacial score (nSPS) is 15.6. The van der Waals surface area contributed by atoms with Crippen molar-refractivity contribution < 1.29 is 21.6 Å². The molecule has 1 fully saturated rings. The van der Waals surface area contributed by atoms with E-state index < -0.39 is 20.0 Å². The third kappa shape index (κ3) is 8.38. The molecule has 2 aromatic rings. The van der Waals surface area contributed by atoms with Crippen molar-refractivity contribution in [1.29, 1.82) is 0 Å². The number of nitrogens with zero attached hydrogens (tertiary/aromatic N) is 3. The minimum absolute atomic E-state index is 0.00538. The van der Waals surface area contributed by atoms with E-state index in [0.717, 1.165) is 16.7 Å². The molecule has 40 heavy (non-hydrogen) atoms. The second-order valence-electron chi connectivity index (χ2n) is 11.2. The fourth-order valence-corrected chi connectivity index (χ4v) is 7.93. The van der Waals surface area contributed by atoms with Gasteiger partial charge in [-0.15, -0.1) is 0 Å². The van der Waals surface area contributed by atoms with Gasteiger partial charge in [-0.05, 0) is 68.7 Å². The molecule has 0 saturated carbocycles. The maximum absolute atomic E-state index is 13.9. The van der Waals surface area contributed by atoms with Gasteiger partial charge in [-0.2, -0.15) is 8.61 Å². The van der Waals surface area contributed by atoms with Crippen molar-refractivity contribution in [2.75, 3.05) is 31.9 Å². The van der Waals surface area contributed by atoms with Crippen LogP contribution in [0.5, 0.6) is 0 Å². The van der Waals surface area contributed by atoms with E-state index in [1.165, 1.54) is 8.61 Å². The Bertz CT molecular complexity index is 1330. The molecule has 0 unspecified atom stereocenters. The summed E-state index contributed by atoms with van der Waals surface area (Å²) in [6, 6.07) is 14.5. The number of rotatable bonds is 13. The number of piperidine rings is 1. The van der Waals surface area contributed by atoms with Crippen LogP contribution in [-0.2, 0) is 31.4 Å². The Balaban J connectivity index is 1.83. The van der Waals surface area contributed by atoms with E-state index in [1.807, 2.05) is 58.9 Å². The van der Waals surface area contributed by atoms with Crippen molar-refractivity contribution in [3.63, 3.8) is 0 Å². The van der Waals surface area contributed by atoms with Crippen LogP contribution in [0.15, 0.2) is 53.4 Å². The Labute approximate surface area is 241 Å². The van der Waals surface area contributed by atoms with Crippen LogP contribution < -0.4 is 0 Å². The number of sulfonamides is 2. The van der Waals surface area contributed by atoms with Gasteiger partial charge >= 0.3 is 0 Å². The van der Waals surface area contributed by atoms with Gasteiger partial charge in [0, 0.05) is 32.2 Å². The Kier molecular flexibility index (Phi) is 11.3. The molecule has 1 heterocycles. The number of carbonyl (C=O) groups excluding carboxylic acids is 1. The number of carbonyl (C=O) groups is 1. The Morgan fingerprint density at radius 1 is 0.975 bits per heavy atom. The van der Waals surface area contributed by atoms with Crippen LogP contribution >= 0.6 is 0 Å². The maximum atomic E-state index is 13.9. The van der Waals surface area contributed by atoms with Crippen molar-refractivity contribution in [3.8, 4) is 0 Å². The van der Waals surface area contributed by atoms with E-state index >= 15 is 0 Å². The van der Waals surface area contributed by atoms with Crippen LogP contribution in [0.4, 0.5) is 0 Å². The quantitative estimate of drug-likeness (QED) is 0.340. The third-order valence-corrected chi connectivity index (χ3v) is 11.5. The van der Waals surface area contributed by atoms with Crippen LogP contribution in [-0.4, -0.2) is 74.2 Å². The Morgan fingerprint density at radius 3 is 2.17 bits per heavy atom. The highest BCUT2D eigenvalue weighted by atomic mass is 32.2. The van der Waals surface area contributed by atoms with E-state index in [9.17, 15) is 21.6 Å². The summed E-state index contributed by atoms with van der Waals surface area (Å²) in [6.45, 7) is 10.8. The molecule has 0 spiro atoms. The van der Waals surface area contributed by atoms with Crippen molar-refractivity contribution in [2.24, 2.45) is 5.92 Å². The number of benzene rings is 2. The molecule has 1 aliphatic heterocycles. The zero-order chi connectivity index (χ0) is 29.5. The predicted octanol–water partition coefficient (Wildman–Crippen LogP) is 4.57. The van der Waals surface area contributed by atoms with E-state index in [4.69, 9.17) is 0 Å². The Hall–Kier alpha value is -2.27. The first kappa shape index (κ1) is 32.2. The molecule has 3 rings (SSSR count). The van der Waals surface area contributed by atoms with Gasteiger partial charge in [0.1, 0.15) is 0 Å². The molecule has 10 heteroatoms. The summed E-state index contributed by atoms with van der Waals surface area (Å²) >= 11 is 0. The first-order valence-corrected chi connectivity index (χ1v) is 17.3. The highest BCUT2D eigenvalue weighted by molar-refractivity contribution is 7.89. The summed E-state index contributed by atoms with van der Waals surface area (Å²) in [5, 5.41) is 0. The van der Waals surface area contributed by atoms with Crippen LogP contribution in [0.25, 0.3) is 0 Å². The lowest BCUT2D eigenvalue weighted by molar-refractivity contribution is -0.135. The molecule has 0 aliphatic carbocycles. The molecule has 2 aromatic carbocycles. The minimum atomic E-state index is -3.63. The van der Waals surface area contributed by atoms with E-state index in [1.54, 1.807) is 29.2 Å². The standard InChI is InChI=1S/C30H45N3O5S2/c1-6-21-39(35,36)32(18-15-24(2)3)23-30(34)33(22-27-10-8-7-9-26(27)5)28-16-19-31(20-17-28)40(37,38)29-13-11-25(4)12-14-29/h7-14,24,28H,6,15-23H2,1-5H3. The molecule has 0 radical (unpaired) electrons. The molecule has 0 bridgehead atoms. The first-order valence-electron chi connectivity index (χ1n) is 14.2. The average molecular weight is 592 g/mol.